The van der Waals surface area contributed by atoms with Gasteiger partial charge in [0.05, 0.1) is 13.7 Å². The molecule has 2 aliphatic heterocycles. The van der Waals surface area contributed by atoms with E-state index in [-0.39, 0.29) is 22.5 Å². The number of likely N-dealkylation sites (N-methyl/N-ethyl adjacent to an activating group) is 1. The molecule has 2 spiro atoms. The molecule has 6 atom stereocenters. The van der Waals surface area contributed by atoms with Gasteiger partial charge in [-0.05, 0) is 76.1 Å². The number of hydrogen-bond acceptors (Lipinski definition) is 5. The average molecular weight is 440 g/mol. The standard InChI is InChI=1S/C27H37NO4/c1-28-12-11-26-22-18-7-8-20(29-2)23(22)32-24(26)27(30-3)10-9-25(26,21(28)13-18)14-19(27)16-31-15-17-5-4-6-17/h7-8,17,19,21,24H,4-6,9-16H2,1-3H3/t19-,21-,24-,25?,26?,27-/m1/s1. The fourth-order valence-corrected chi connectivity index (χ4v) is 9.21. The van der Waals surface area contributed by atoms with E-state index >= 15 is 0 Å². The summed E-state index contributed by atoms with van der Waals surface area (Å²) in [6.07, 6.45) is 9.87. The highest BCUT2D eigenvalue weighted by Crippen LogP contribution is 2.76. The van der Waals surface area contributed by atoms with Gasteiger partial charge in [0.2, 0.25) is 0 Å². The molecule has 0 radical (unpaired) electrons. The second-order valence-corrected chi connectivity index (χ2v) is 11.6. The van der Waals surface area contributed by atoms with Crippen molar-refractivity contribution >= 4 is 0 Å². The Kier molecular flexibility index (Phi) is 4.17. The van der Waals surface area contributed by atoms with E-state index in [2.05, 4.69) is 24.1 Å². The van der Waals surface area contributed by atoms with Gasteiger partial charge in [0.25, 0.3) is 0 Å². The van der Waals surface area contributed by atoms with Crippen LogP contribution < -0.4 is 9.47 Å². The van der Waals surface area contributed by atoms with Crippen molar-refractivity contribution in [1.29, 1.82) is 0 Å². The van der Waals surface area contributed by atoms with Gasteiger partial charge >= 0.3 is 0 Å². The normalized spacial score (nSPS) is 43.5. The number of hydrogen-bond donors (Lipinski definition) is 0. The van der Waals surface area contributed by atoms with Gasteiger partial charge in [0, 0.05) is 42.1 Å². The lowest BCUT2D eigenvalue weighted by Gasteiger charge is -2.73. The summed E-state index contributed by atoms with van der Waals surface area (Å²) in [4.78, 5) is 2.66. The van der Waals surface area contributed by atoms with Crippen LogP contribution in [0.2, 0.25) is 0 Å². The van der Waals surface area contributed by atoms with Gasteiger partial charge in [-0.1, -0.05) is 12.5 Å². The molecule has 0 aromatic heterocycles. The first-order chi connectivity index (χ1) is 15.6. The molecule has 2 heterocycles. The van der Waals surface area contributed by atoms with E-state index in [1.807, 2.05) is 7.11 Å². The van der Waals surface area contributed by atoms with Crippen molar-refractivity contribution < 1.29 is 18.9 Å². The zero-order valence-electron chi connectivity index (χ0n) is 19.8. The van der Waals surface area contributed by atoms with E-state index in [0.29, 0.717) is 12.0 Å². The maximum atomic E-state index is 7.02. The van der Waals surface area contributed by atoms with Crippen LogP contribution in [0.1, 0.15) is 56.1 Å². The minimum absolute atomic E-state index is 0.0420. The summed E-state index contributed by atoms with van der Waals surface area (Å²) < 4.78 is 25.8. The number of rotatable bonds is 6. The van der Waals surface area contributed by atoms with Crippen LogP contribution in [0.25, 0.3) is 0 Å². The molecule has 5 nitrogen and oxygen atoms in total. The molecule has 1 saturated heterocycles. The third-order valence-corrected chi connectivity index (χ3v) is 10.9. The third kappa shape index (κ3) is 2.13. The van der Waals surface area contributed by atoms with Crippen LogP contribution in [0, 0.1) is 17.3 Å². The maximum absolute atomic E-state index is 7.02. The molecule has 8 rings (SSSR count). The molecule has 7 aliphatic rings. The summed E-state index contributed by atoms with van der Waals surface area (Å²) in [5.41, 5.74) is 2.95. The molecule has 0 amide bonds. The second kappa shape index (κ2) is 6.64. The second-order valence-electron chi connectivity index (χ2n) is 11.6. The summed E-state index contributed by atoms with van der Waals surface area (Å²) in [7, 11) is 6.05. The molecule has 4 bridgehead atoms. The van der Waals surface area contributed by atoms with Crippen molar-refractivity contribution in [3.05, 3.63) is 23.3 Å². The first kappa shape index (κ1) is 20.1. The number of nitrogens with zero attached hydrogens (tertiary/aromatic N) is 1. The minimum Gasteiger partial charge on any atom is -0.493 e. The van der Waals surface area contributed by atoms with Crippen molar-refractivity contribution in [2.24, 2.45) is 17.3 Å². The predicted molar refractivity (Wildman–Crippen MR) is 122 cm³/mol. The van der Waals surface area contributed by atoms with Gasteiger partial charge in [-0.25, -0.2) is 0 Å². The molecule has 0 N–H and O–H groups in total. The summed E-state index contributed by atoms with van der Waals surface area (Å²) in [6, 6.07) is 5.00. The van der Waals surface area contributed by atoms with Gasteiger partial charge in [-0.15, -0.1) is 0 Å². The van der Waals surface area contributed by atoms with Crippen LogP contribution in [0.3, 0.4) is 0 Å². The Morgan fingerprint density at radius 2 is 2.00 bits per heavy atom. The van der Waals surface area contributed by atoms with Crippen molar-refractivity contribution in [2.75, 3.05) is 41.0 Å². The summed E-state index contributed by atoms with van der Waals surface area (Å²) in [5, 5.41) is 0. The van der Waals surface area contributed by atoms with Gasteiger partial charge in [-0.2, -0.15) is 0 Å². The van der Waals surface area contributed by atoms with E-state index < -0.39 is 0 Å². The highest BCUT2D eigenvalue weighted by molar-refractivity contribution is 5.63. The molecular weight excluding hydrogens is 402 g/mol. The molecular formula is C27H37NO4. The van der Waals surface area contributed by atoms with Gasteiger partial charge in [-0.3, -0.25) is 0 Å². The van der Waals surface area contributed by atoms with E-state index in [9.17, 15) is 0 Å². The van der Waals surface area contributed by atoms with Crippen molar-refractivity contribution in [2.45, 2.75) is 74.5 Å². The van der Waals surface area contributed by atoms with E-state index in [4.69, 9.17) is 18.9 Å². The zero-order valence-corrected chi connectivity index (χ0v) is 19.8. The lowest BCUT2D eigenvalue weighted by Crippen LogP contribution is -2.81. The maximum Gasteiger partial charge on any atom is 0.165 e. The summed E-state index contributed by atoms with van der Waals surface area (Å²) in [5.74, 6) is 3.07. The van der Waals surface area contributed by atoms with Crippen molar-refractivity contribution in [3.63, 3.8) is 0 Å². The molecule has 5 fully saturated rings. The molecule has 32 heavy (non-hydrogen) atoms. The number of ether oxygens (including phenoxy) is 4. The van der Waals surface area contributed by atoms with E-state index in [0.717, 1.165) is 56.4 Å². The summed E-state index contributed by atoms with van der Waals surface area (Å²) in [6.45, 7) is 2.85. The fourth-order valence-electron chi connectivity index (χ4n) is 9.21. The van der Waals surface area contributed by atoms with Crippen LogP contribution >= 0.6 is 0 Å². The Labute approximate surface area is 191 Å². The van der Waals surface area contributed by atoms with Gasteiger partial charge < -0.3 is 23.8 Å². The minimum atomic E-state index is -0.277. The smallest absolute Gasteiger partial charge is 0.165 e. The molecule has 1 aromatic carbocycles. The topological polar surface area (TPSA) is 40.2 Å². The summed E-state index contributed by atoms with van der Waals surface area (Å²) >= 11 is 0. The number of piperidine rings is 1. The molecule has 1 aromatic rings. The molecule has 2 unspecified atom stereocenters. The zero-order chi connectivity index (χ0) is 21.7. The predicted octanol–water partition coefficient (Wildman–Crippen LogP) is 3.96. The van der Waals surface area contributed by atoms with Gasteiger partial charge in [0.1, 0.15) is 11.7 Å². The largest absolute Gasteiger partial charge is 0.493 e. The number of benzene rings is 1. The van der Waals surface area contributed by atoms with Crippen molar-refractivity contribution in [3.8, 4) is 11.5 Å². The van der Waals surface area contributed by atoms with Crippen LogP contribution in [0.5, 0.6) is 11.5 Å². The molecule has 5 heteroatoms. The Hall–Kier alpha value is -1.30. The SMILES string of the molecule is COc1ccc2c3c1O[C@@H]1C34CCN(C)[C@H](C2)C42CC[C@@]1(OC)[C@@H](COCC1CCC1)C2. The Bertz CT molecular complexity index is 946. The monoisotopic (exact) mass is 439 g/mol. The quantitative estimate of drug-likeness (QED) is 0.671. The number of likely N-dealkylation sites (tertiary alicyclic amines) is 1. The fraction of sp³-hybridized carbons (Fsp3) is 0.778. The molecule has 5 aliphatic carbocycles. The van der Waals surface area contributed by atoms with Crippen LogP contribution in [-0.2, 0) is 21.3 Å². The third-order valence-electron chi connectivity index (χ3n) is 10.9. The Morgan fingerprint density at radius 1 is 1.12 bits per heavy atom. The number of fused-ring (bicyclic) bond motifs is 2. The van der Waals surface area contributed by atoms with Crippen LogP contribution in [-0.4, -0.2) is 63.7 Å². The van der Waals surface area contributed by atoms with E-state index in [1.54, 1.807) is 7.11 Å². The highest BCUT2D eigenvalue weighted by atomic mass is 16.6. The van der Waals surface area contributed by atoms with E-state index in [1.165, 1.54) is 43.2 Å². The number of methoxy groups -OCH3 is 2. The van der Waals surface area contributed by atoms with Crippen LogP contribution in [0.15, 0.2) is 12.1 Å². The Morgan fingerprint density at radius 3 is 2.75 bits per heavy atom. The molecule has 4 saturated carbocycles. The van der Waals surface area contributed by atoms with Crippen molar-refractivity contribution in [1.82, 2.24) is 4.90 Å². The highest BCUT2D eigenvalue weighted by Gasteiger charge is 2.80. The lowest BCUT2D eigenvalue weighted by atomic mass is 9.35. The van der Waals surface area contributed by atoms with Crippen LogP contribution in [0.4, 0.5) is 0 Å². The Balaban J connectivity index is 1.36. The lowest BCUT2D eigenvalue weighted by molar-refractivity contribution is -0.282. The average Bonchev–Trinajstić information content (AvgIpc) is 3.15. The molecule has 174 valence electrons. The first-order valence-electron chi connectivity index (χ1n) is 12.8. The van der Waals surface area contributed by atoms with Gasteiger partial charge in [0.15, 0.2) is 11.5 Å². The first-order valence-corrected chi connectivity index (χ1v) is 12.8.